The van der Waals surface area contributed by atoms with Gasteiger partial charge in [0.1, 0.15) is 5.69 Å². The number of hydrogen-bond donors (Lipinski definition) is 1. The molecule has 4 aromatic rings. The second kappa shape index (κ2) is 10.4. The van der Waals surface area contributed by atoms with Crippen molar-refractivity contribution in [3.05, 3.63) is 86.8 Å². The highest BCUT2D eigenvalue weighted by atomic mass is 32.2. The van der Waals surface area contributed by atoms with Gasteiger partial charge in [0.2, 0.25) is 0 Å². The Balaban J connectivity index is 0.00000320. The van der Waals surface area contributed by atoms with E-state index in [0.717, 1.165) is 10.9 Å². The molecule has 194 valence electrons. The zero-order valence-electron chi connectivity index (χ0n) is 20.0. The van der Waals surface area contributed by atoms with Crippen molar-refractivity contribution in [1.82, 2.24) is 9.47 Å². The van der Waals surface area contributed by atoms with Crippen LogP contribution in [0.25, 0.3) is 10.9 Å². The van der Waals surface area contributed by atoms with Gasteiger partial charge in [-0.3, -0.25) is 14.3 Å². The summed E-state index contributed by atoms with van der Waals surface area (Å²) in [5.41, 5.74) is 1.75. The predicted octanol–water partition coefficient (Wildman–Crippen LogP) is 4.31. The third-order valence-electron chi connectivity index (χ3n) is 6.46. The van der Waals surface area contributed by atoms with E-state index in [-0.39, 0.29) is 23.9 Å². The zero-order chi connectivity index (χ0) is 25.4. The Labute approximate surface area is 220 Å². The molecule has 0 atom stereocenters. The lowest BCUT2D eigenvalue weighted by Gasteiger charge is -2.37. The summed E-state index contributed by atoms with van der Waals surface area (Å²) in [6, 6.07) is 17.6. The van der Waals surface area contributed by atoms with Crippen molar-refractivity contribution in [2.75, 3.05) is 35.8 Å². The first-order valence-electron chi connectivity index (χ1n) is 11.6. The molecular weight excluding hydrogens is 508 g/mol. The van der Waals surface area contributed by atoms with Gasteiger partial charge < -0.3 is 14.4 Å². The second-order valence-corrected chi connectivity index (χ2v) is 11.4. The molecule has 2 aromatic carbocycles. The van der Waals surface area contributed by atoms with E-state index in [0.29, 0.717) is 42.3 Å². The molecule has 5 rings (SSSR count). The standard InChI is InChI=1S/C26H26N4O4S2.CH4/c1-18-9-11-19(12-10-18)36(33,34)27-23-24(20-6-3-4-7-21(20)28(2)26(23)32)29-13-15-30(16-14-29)25(31)22-8-5-17-35-22;/h3-12,17,27H,13-16H2,1-2H3;1H4. The molecule has 1 fully saturated rings. The smallest absolute Gasteiger partial charge is 0.277 e. The number of carbonyl (C=O) groups is 1. The summed E-state index contributed by atoms with van der Waals surface area (Å²) in [4.78, 5) is 30.9. The zero-order valence-corrected chi connectivity index (χ0v) is 21.6. The van der Waals surface area contributed by atoms with Gasteiger partial charge >= 0.3 is 0 Å². The number of thiophene rings is 1. The first-order chi connectivity index (χ1) is 17.3. The van der Waals surface area contributed by atoms with Crippen molar-refractivity contribution >= 4 is 49.5 Å². The van der Waals surface area contributed by atoms with E-state index in [2.05, 4.69) is 4.72 Å². The molecule has 0 unspecified atom stereocenters. The van der Waals surface area contributed by atoms with Gasteiger partial charge in [0.15, 0.2) is 0 Å². The van der Waals surface area contributed by atoms with Crippen LogP contribution in [0.5, 0.6) is 0 Å². The molecule has 0 aliphatic carbocycles. The number of anilines is 2. The summed E-state index contributed by atoms with van der Waals surface area (Å²) < 4.78 is 30.6. The summed E-state index contributed by atoms with van der Waals surface area (Å²) in [6.45, 7) is 3.74. The molecule has 1 aliphatic rings. The molecule has 10 heteroatoms. The van der Waals surface area contributed by atoms with E-state index in [9.17, 15) is 18.0 Å². The van der Waals surface area contributed by atoms with Crippen molar-refractivity contribution < 1.29 is 13.2 Å². The maximum Gasteiger partial charge on any atom is 0.277 e. The number of benzene rings is 2. The van der Waals surface area contributed by atoms with Crippen LogP contribution >= 0.6 is 11.3 Å². The molecular formula is C27H30N4O4S2. The highest BCUT2D eigenvalue weighted by Gasteiger charge is 2.29. The number of aromatic nitrogens is 1. The summed E-state index contributed by atoms with van der Waals surface area (Å²) in [6.07, 6.45) is 0. The number of nitrogens with zero attached hydrogens (tertiary/aromatic N) is 3. The lowest BCUT2D eigenvalue weighted by Crippen LogP contribution is -2.49. The summed E-state index contributed by atoms with van der Waals surface area (Å²) >= 11 is 1.41. The third kappa shape index (κ3) is 4.99. The Morgan fingerprint density at radius 1 is 0.946 bits per heavy atom. The lowest BCUT2D eigenvalue weighted by molar-refractivity contribution is 0.0752. The minimum Gasteiger partial charge on any atom is -0.366 e. The number of pyridine rings is 1. The number of sulfonamides is 1. The number of fused-ring (bicyclic) bond motifs is 1. The first-order valence-corrected chi connectivity index (χ1v) is 13.9. The van der Waals surface area contributed by atoms with Crippen molar-refractivity contribution in [1.29, 1.82) is 0 Å². The van der Waals surface area contributed by atoms with Crippen LogP contribution in [0.4, 0.5) is 11.4 Å². The van der Waals surface area contributed by atoms with Crippen LogP contribution in [0, 0.1) is 6.92 Å². The molecule has 0 saturated carbocycles. The number of aryl methyl sites for hydroxylation is 2. The third-order valence-corrected chi connectivity index (χ3v) is 8.68. The topological polar surface area (TPSA) is 91.7 Å². The quantitative estimate of drug-likeness (QED) is 0.409. The molecule has 0 spiro atoms. The summed E-state index contributed by atoms with van der Waals surface area (Å²) in [5.74, 6) is -0.0150. The van der Waals surface area contributed by atoms with Gasteiger partial charge in [-0.25, -0.2) is 8.42 Å². The predicted molar refractivity (Wildman–Crippen MR) is 150 cm³/mol. The van der Waals surface area contributed by atoms with Crippen LogP contribution < -0.4 is 15.2 Å². The van der Waals surface area contributed by atoms with Crippen LogP contribution in [-0.2, 0) is 17.1 Å². The number of carbonyl (C=O) groups excluding carboxylic acids is 1. The fourth-order valence-corrected chi connectivity index (χ4v) is 6.26. The molecule has 8 nitrogen and oxygen atoms in total. The van der Waals surface area contributed by atoms with E-state index >= 15 is 0 Å². The number of nitrogens with one attached hydrogen (secondary N) is 1. The van der Waals surface area contributed by atoms with Crippen LogP contribution in [0.15, 0.2) is 75.7 Å². The molecule has 0 bridgehead atoms. The maximum atomic E-state index is 13.5. The Morgan fingerprint density at radius 2 is 1.62 bits per heavy atom. The molecule has 37 heavy (non-hydrogen) atoms. The number of piperazine rings is 1. The molecule has 1 amide bonds. The van der Waals surface area contributed by atoms with Crippen LogP contribution in [0.2, 0.25) is 0 Å². The largest absolute Gasteiger partial charge is 0.366 e. The SMILES string of the molecule is C.Cc1ccc(S(=O)(=O)Nc2c(N3CCN(C(=O)c4cccs4)CC3)c3ccccc3n(C)c2=O)cc1. The Morgan fingerprint density at radius 3 is 2.27 bits per heavy atom. The fraction of sp³-hybridized carbons (Fsp3) is 0.259. The molecule has 1 aliphatic heterocycles. The van der Waals surface area contributed by atoms with E-state index in [1.165, 1.54) is 28.0 Å². The maximum absolute atomic E-state index is 13.5. The van der Waals surface area contributed by atoms with Crippen LogP contribution in [0.1, 0.15) is 22.7 Å². The van der Waals surface area contributed by atoms with Gasteiger partial charge in [0.05, 0.1) is 21.0 Å². The van der Waals surface area contributed by atoms with Gasteiger partial charge in [0, 0.05) is 38.6 Å². The van der Waals surface area contributed by atoms with Crippen molar-refractivity contribution in [3.8, 4) is 0 Å². The molecule has 1 N–H and O–H groups in total. The molecule has 1 saturated heterocycles. The summed E-state index contributed by atoms with van der Waals surface area (Å²) in [5, 5.41) is 2.64. The molecule has 0 radical (unpaired) electrons. The van der Waals surface area contributed by atoms with Gasteiger partial charge in [-0.05, 0) is 36.6 Å². The average molecular weight is 539 g/mol. The Bertz CT molecular complexity index is 1590. The van der Waals surface area contributed by atoms with Crippen LogP contribution in [-0.4, -0.2) is 50.0 Å². The number of para-hydroxylation sites is 1. The monoisotopic (exact) mass is 538 g/mol. The van der Waals surface area contributed by atoms with Crippen molar-refractivity contribution in [2.24, 2.45) is 7.05 Å². The number of rotatable bonds is 5. The number of amides is 1. The van der Waals surface area contributed by atoms with Crippen LogP contribution in [0.3, 0.4) is 0 Å². The van der Waals surface area contributed by atoms with Crippen molar-refractivity contribution in [3.63, 3.8) is 0 Å². The average Bonchev–Trinajstić information content (AvgIpc) is 3.42. The Hall–Kier alpha value is -3.63. The number of hydrogen-bond acceptors (Lipinski definition) is 6. The van der Waals surface area contributed by atoms with Gasteiger partial charge in [-0.1, -0.05) is 49.4 Å². The van der Waals surface area contributed by atoms with Gasteiger partial charge in [0.25, 0.3) is 21.5 Å². The normalized spacial score (nSPS) is 13.9. The van der Waals surface area contributed by atoms with E-state index in [4.69, 9.17) is 0 Å². The summed E-state index contributed by atoms with van der Waals surface area (Å²) in [7, 11) is -2.37. The molecule has 2 aromatic heterocycles. The molecule has 3 heterocycles. The van der Waals surface area contributed by atoms with E-state index in [1.54, 1.807) is 24.1 Å². The van der Waals surface area contributed by atoms with E-state index < -0.39 is 15.6 Å². The fourth-order valence-electron chi connectivity index (χ4n) is 4.50. The highest BCUT2D eigenvalue weighted by molar-refractivity contribution is 7.92. The first kappa shape index (κ1) is 26.4. The second-order valence-electron chi connectivity index (χ2n) is 8.78. The minimum atomic E-state index is -4.01. The van der Waals surface area contributed by atoms with E-state index in [1.807, 2.05) is 53.6 Å². The minimum absolute atomic E-state index is 0. The Kier molecular flexibility index (Phi) is 7.42. The van der Waals surface area contributed by atoms with Gasteiger partial charge in [-0.2, -0.15) is 0 Å². The lowest BCUT2D eigenvalue weighted by atomic mass is 10.1. The highest BCUT2D eigenvalue weighted by Crippen LogP contribution is 2.34. The van der Waals surface area contributed by atoms with Gasteiger partial charge in [-0.15, -0.1) is 11.3 Å². The van der Waals surface area contributed by atoms with Crippen molar-refractivity contribution in [2.45, 2.75) is 19.2 Å².